The third-order valence-electron chi connectivity index (χ3n) is 3.30. The van der Waals surface area contributed by atoms with E-state index >= 15 is 0 Å². The van der Waals surface area contributed by atoms with Gasteiger partial charge in [0, 0.05) is 0 Å². The molecule has 2 rings (SSSR count). The number of hydrogen-bond donors (Lipinski definition) is 0. The molecule has 0 aromatic heterocycles. The Morgan fingerprint density at radius 2 is 1.89 bits per heavy atom. The zero-order valence-corrected chi connectivity index (χ0v) is 11.6. The second-order valence-corrected chi connectivity index (χ2v) is 5.51. The van der Waals surface area contributed by atoms with Crippen molar-refractivity contribution in [3.8, 4) is 0 Å². The number of carbonyl (C=O) groups excluding carboxylic acids is 1. The maximum atomic E-state index is 11.8. The predicted molar refractivity (Wildman–Crippen MR) is 72.8 cm³/mol. The van der Waals surface area contributed by atoms with Crippen molar-refractivity contribution in [1.29, 1.82) is 0 Å². The van der Waals surface area contributed by atoms with Crippen molar-refractivity contribution in [2.45, 2.75) is 38.7 Å². The molecule has 4 heteroatoms. The molecule has 0 saturated heterocycles. The third-order valence-corrected chi connectivity index (χ3v) is 4.04. The lowest BCUT2D eigenvalue weighted by molar-refractivity contribution is -0.151. The van der Waals surface area contributed by atoms with E-state index in [-0.39, 0.29) is 18.5 Å². The molecule has 2 nitrogen and oxygen atoms in total. The second kappa shape index (κ2) is 6.44. The predicted octanol–water partition coefficient (Wildman–Crippen LogP) is 4.62. The molecule has 1 fully saturated rings. The Labute approximate surface area is 117 Å². The number of hydrogen-bond acceptors (Lipinski definition) is 2. The average molecular weight is 287 g/mol. The summed E-state index contributed by atoms with van der Waals surface area (Å²) in [7, 11) is 0. The maximum absolute atomic E-state index is 11.8. The highest BCUT2D eigenvalue weighted by molar-refractivity contribution is 6.42. The normalized spacial score (nSPS) is 16.6. The van der Waals surface area contributed by atoms with Crippen LogP contribution in [0.4, 0.5) is 0 Å². The topological polar surface area (TPSA) is 26.3 Å². The fourth-order valence-electron chi connectivity index (χ4n) is 2.24. The van der Waals surface area contributed by atoms with E-state index in [0.717, 1.165) is 31.2 Å². The van der Waals surface area contributed by atoms with E-state index in [9.17, 15) is 4.79 Å². The minimum Gasteiger partial charge on any atom is -0.461 e. The van der Waals surface area contributed by atoms with Crippen LogP contribution in [0.2, 0.25) is 10.0 Å². The zero-order valence-electron chi connectivity index (χ0n) is 10.1. The van der Waals surface area contributed by atoms with Crippen LogP contribution in [0.3, 0.4) is 0 Å². The first-order valence-electron chi connectivity index (χ1n) is 6.27. The Hall–Kier alpha value is -0.730. The molecular weight excluding hydrogens is 271 g/mol. The lowest BCUT2D eigenvalue weighted by atomic mass is 9.89. The van der Waals surface area contributed by atoms with Crippen LogP contribution in [0.1, 0.15) is 37.7 Å². The number of benzene rings is 1. The Balaban J connectivity index is 1.86. The highest BCUT2D eigenvalue weighted by Crippen LogP contribution is 2.26. The largest absolute Gasteiger partial charge is 0.461 e. The van der Waals surface area contributed by atoms with E-state index in [1.54, 1.807) is 12.1 Å². The van der Waals surface area contributed by atoms with Gasteiger partial charge in [0.2, 0.25) is 0 Å². The van der Waals surface area contributed by atoms with Crippen molar-refractivity contribution < 1.29 is 9.53 Å². The van der Waals surface area contributed by atoms with Crippen molar-refractivity contribution in [2.24, 2.45) is 5.92 Å². The van der Waals surface area contributed by atoms with Crippen LogP contribution in [-0.2, 0) is 16.1 Å². The summed E-state index contributed by atoms with van der Waals surface area (Å²) in [5.74, 6) is 0.00212. The molecule has 0 aliphatic heterocycles. The summed E-state index contributed by atoms with van der Waals surface area (Å²) in [6.45, 7) is 0.270. The standard InChI is InChI=1S/C14H16Cl2O2/c15-12-7-6-10(8-13(12)16)9-18-14(17)11-4-2-1-3-5-11/h6-8,11H,1-5,9H2. The summed E-state index contributed by atoms with van der Waals surface area (Å²) < 4.78 is 5.32. The minimum atomic E-state index is -0.0826. The van der Waals surface area contributed by atoms with Crippen LogP contribution in [0.25, 0.3) is 0 Å². The number of esters is 1. The molecule has 1 aromatic carbocycles. The van der Waals surface area contributed by atoms with Crippen LogP contribution in [0.15, 0.2) is 18.2 Å². The van der Waals surface area contributed by atoms with Gasteiger partial charge in [0.15, 0.2) is 0 Å². The SMILES string of the molecule is O=C(OCc1ccc(Cl)c(Cl)c1)C1CCCCC1. The van der Waals surface area contributed by atoms with Gasteiger partial charge in [0.05, 0.1) is 16.0 Å². The van der Waals surface area contributed by atoms with Crippen LogP contribution < -0.4 is 0 Å². The lowest BCUT2D eigenvalue weighted by Gasteiger charge is -2.19. The highest BCUT2D eigenvalue weighted by atomic mass is 35.5. The second-order valence-electron chi connectivity index (χ2n) is 4.69. The molecule has 98 valence electrons. The zero-order chi connectivity index (χ0) is 13.0. The summed E-state index contributed by atoms with van der Waals surface area (Å²) in [4.78, 5) is 11.8. The molecule has 1 aromatic rings. The van der Waals surface area contributed by atoms with E-state index in [0.29, 0.717) is 10.0 Å². The molecule has 1 aliphatic carbocycles. The van der Waals surface area contributed by atoms with E-state index in [4.69, 9.17) is 27.9 Å². The third kappa shape index (κ3) is 3.63. The van der Waals surface area contributed by atoms with Crippen LogP contribution in [0, 0.1) is 5.92 Å². The van der Waals surface area contributed by atoms with E-state index in [1.807, 2.05) is 6.07 Å². The van der Waals surface area contributed by atoms with Crippen molar-refractivity contribution >= 4 is 29.2 Å². The molecule has 0 bridgehead atoms. The molecule has 0 N–H and O–H groups in total. The van der Waals surface area contributed by atoms with Crippen LogP contribution in [-0.4, -0.2) is 5.97 Å². The number of rotatable bonds is 3. The quantitative estimate of drug-likeness (QED) is 0.758. The number of carbonyl (C=O) groups is 1. The van der Waals surface area contributed by atoms with Gasteiger partial charge in [-0.1, -0.05) is 48.5 Å². The Morgan fingerprint density at radius 1 is 1.17 bits per heavy atom. The van der Waals surface area contributed by atoms with E-state index < -0.39 is 0 Å². The Kier molecular flexibility index (Phi) is 4.90. The molecule has 0 unspecified atom stereocenters. The van der Waals surface area contributed by atoms with Gasteiger partial charge in [-0.2, -0.15) is 0 Å². The van der Waals surface area contributed by atoms with Gasteiger partial charge in [-0.25, -0.2) is 0 Å². The summed E-state index contributed by atoms with van der Waals surface area (Å²) >= 11 is 11.7. The van der Waals surface area contributed by atoms with Crippen molar-refractivity contribution in [3.05, 3.63) is 33.8 Å². The van der Waals surface area contributed by atoms with Gasteiger partial charge < -0.3 is 4.74 Å². The van der Waals surface area contributed by atoms with Crippen molar-refractivity contribution in [2.75, 3.05) is 0 Å². The van der Waals surface area contributed by atoms with E-state index in [2.05, 4.69) is 0 Å². The van der Waals surface area contributed by atoms with Gasteiger partial charge in [0.1, 0.15) is 6.61 Å². The molecule has 0 heterocycles. The maximum Gasteiger partial charge on any atom is 0.309 e. The summed E-state index contributed by atoms with van der Waals surface area (Å²) in [6.07, 6.45) is 5.41. The first kappa shape index (κ1) is 13.7. The molecule has 0 atom stereocenters. The van der Waals surface area contributed by atoms with Gasteiger partial charge in [-0.15, -0.1) is 0 Å². The summed E-state index contributed by atoms with van der Waals surface area (Å²) in [5.41, 5.74) is 0.869. The fraction of sp³-hybridized carbons (Fsp3) is 0.500. The Bertz CT molecular complexity index is 426. The van der Waals surface area contributed by atoms with E-state index in [1.165, 1.54) is 6.42 Å². The lowest BCUT2D eigenvalue weighted by Crippen LogP contribution is -2.20. The summed E-state index contributed by atoms with van der Waals surface area (Å²) in [5, 5.41) is 1.00. The first-order valence-corrected chi connectivity index (χ1v) is 7.03. The van der Waals surface area contributed by atoms with Crippen molar-refractivity contribution in [1.82, 2.24) is 0 Å². The molecule has 0 amide bonds. The molecule has 0 spiro atoms. The van der Waals surface area contributed by atoms with Crippen molar-refractivity contribution in [3.63, 3.8) is 0 Å². The molecule has 1 aliphatic rings. The highest BCUT2D eigenvalue weighted by Gasteiger charge is 2.22. The monoisotopic (exact) mass is 286 g/mol. The molecule has 0 radical (unpaired) electrons. The molecular formula is C14H16Cl2O2. The van der Waals surface area contributed by atoms with Gasteiger partial charge in [-0.3, -0.25) is 4.79 Å². The molecule has 18 heavy (non-hydrogen) atoms. The van der Waals surface area contributed by atoms with Crippen LogP contribution >= 0.6 is 23.2 Å². The number of halogens is 2. The Morgan fingerprint density at radius 3 is 2.56 bits per heavy atom. The smallest absolute Gasteiger partial charge is 0.309 e. The van der Waals surface area contributed by atoms with Gasteiger partial charge in [0.25, 0.3) is 0 Å². The van der Waals surface area contributed by atoms with Gasteiger partial charge >= 0.3 is 5.97 Å². The fourth-order valence-corrected chi connectivity index (χ4v) is 2.56. The summed E-state index contributed by atoms with van der Waals surface area (Å²) in [6, 6.07) is 5.27. The minimum absolute atomic E-state index is 0.0826. The number of ether oxygens (including phenoxy) is 1. The van der Waals surface area contributed by atoms with Gasteiger partial charge in [-0.05, 0) is 30.5 Å². The van der Waals surface area contributed by atoms with Crippen LogP contribution in [0.5, 0.6) is 0 Å². The first-order chi connectivity index (χ1) is 8.66. The molecule has 1 saturated carbocycles. The average Bonchev–Trinajstić information content (AvgIpc) is 2.41.